The van der Waals surface area contributed by atoms with E-state index >= 15 is 0 Å². The zero-order valence-electron chi connectivity index (χ0n) is 30.8. The fourth-order valence-electron chi connectivity index (χ4n) is 9.22. The number of nitrogens with zero attached hydrogens (tertiary/aromatic N) is 1. The number of benzene rings is 9. The molecule has 2 nitrogen and oxygen atoms in total. The summed E-state index contributed by atoms with van der Waals surface area (Å²) in [5.41, 5.74) is 15.1. The summed E-state index contributed by atoms with van der Waals surface area (Å²) < 4.78 is 6.27. The highest BCUT2D eigenvalue weighted by atomic mass is 16.3. The number of hydrogen-bond acceptors (Lipinski definition) is 2. The van der Waals surface area contributed by atoms with Crippen LogP contribution in [0.1, 0.15) is 25.0 Å². The number of hydrogen-bond donors (Lipinski definition) is 0. The number of anilines is 3. The molecule has 0 fully saturated rings. The zero-order valence-corrected chi connectivity index (χ0v) is 30.8. The van der Waals surface area contributed by atoms with Gasteiger partial charge in [-0.05, 0) is 109 Å². The molecule has 11 rings (SSSR count). The van der Waals surface area contributed by atoms with Gasteiger partial charge in [0.05, 0.1) is 5.69 Å². The van der Waals surface area contributed by atoms with E-state index in [1.165, 1.54) is 66.2 Å². The predicted octanol–water partition coefficient (Wildman–Crippen LogP) is 15.0. The minimum absolute atomic E-state index is 0.164. The summed E-state index contributed by atoms with van der Waals surface area (Å²) in [4.78, 5) is 2.46. The lowest BCUT2D eigenvalue weighted by molar-refractivity contribution is 0.666. The first-order valence-electron chi connectivity index (χ1n) is 19.1. The van der Waals surface area contributed by atoms with Gasteiger partial charge in [0, 0.05) is 33.1 Å². The quantitative estimate of drug-likeness (QED) is 0.177. The van der Waals surface area contributed by atoms with E-state index in [-0.39, 0.29) is 5.41 Å². The minimum atomic E-state index is -0.164. The maximum absolute atomic E-state index is 6.27. The van der Waals surface area contributed by atoms with Crippen LogP contribution in [-0.4, -0.2) is 0 Å². The summed E-state index contributed by atoms with van der Waals surface area (Å²) in [5, 5.41) is 7.34. The van der Waals surface area contributed by atoms with Crippen molar-refractivity contribution in [3.05, 3.63) is 199 Å². The van der Waals surface area contributed by atoms with Crippen LogP contribution in [0.5, 0.6) is 0 Å². The van der Waals surface area contributed by atoms with Gasteiger partial charge in [-0.25, -0.2) is 0 Å². The molecule has 0 radical (unpaired) electrons. The first-order valence-corrected chi connectivity index (χ1v) is 19.1. The lowest BCUT2D eigenvalue weighted by Gasteiger charge is -2.30. The van der Waals surface area contributed by atoms with Gasteiger partial charge in [-0.15, -0.1) is 0 Å². The van der Waals surface area contributed by atoms with Gasteiger partial charge in [0.2, 0.25) is 0 Å². The average molecular weight is 704 g/mol. The van der Waals surface area contributed by atoms with Crippen LogP contribution in [0, 0.1) is 0 Å². The van der Waals surface area contributed by atoms with E-state index in [0.29, 0.717) is 0 Å². The molecule has 0 saturated carbocycles. The summed E-state index contributed by atoms with van der Waals surface area (Å²) in [6.07, 6.45) is 0. The third-order valence-electron chi connectivity index (χ3n) is 11.8. The van der Waals surface area contributed by atoms with Crippen LogP contribution in [-0.2, 0) is 5.41 Å². The van der Waals surface area contributed by atoms with Crippen LogP contribution in [0.3, 0.4) is 0 Å². The first kappa shape index (κ1) is 31.6. The largest absolute Gasteiger partial charge is 0.456 e. The lowest BCUT2D eigenvalue weighted by Crippen LogP contribution is -2.16. The molecule has 260 valence electrons. The summed E-state index contributed by atoms with van der Waals surface area (Å²) in [7, 11) is 0. The second kappa shape index (κ2) is 12.1. The fraction of sp³-hybridized carbons (Fsp3) is 0.0566. The van der Waals surface area contributed by atoms with Crippen molar-refractivity contribution in [1.29, 1.82) is 0 Å². The Labute approximate surface area is 320 Å². The van der Waals surface area contributed by atoms with Crippen LogP contribution in [0.25, 0.3) is 76.9 Å². The van der Waals surface area contributed by atoms with E-state index in [9.17, 15) is 0 Å². The van der Waals surface area contributed by atoms with Crippen molar-refractivity contribution in [2.24, 2.45) is 0 Å². The molecule has 1 aromatic heterocycles. The van der Waals surface area contributed by atoms with E-state index in [0.717, 1.165) is 38.9 Å². The van der Waals surface area contributed by atoms with Crippen molar-refractivity contribution in [2.45, 2.75) is 19.3 Å². The van der Waals surface area contributed by atoms with Gasteiger partial charge in [-0.2, -0.15) is 0 Å². The molecule has 0 bridgehead atoms. The molecule has 0 unspecified atom stereocenters. The van der Waals surface area contributed by atoms with Crippen molar-refractivity contribution in [2.75, 3.05) is 4.90 Å². The van der Waals surface area contributed by atoms with Gasteiger partial charge < -0.3 is 9.32 Å². The Kier molecular flexibility index (Phi) is 6.93. The number of fused-ring (bicyclic) bond motifs is 9. The smallest absolute Gasteiger partial charge is 0.136 e. The maximum Gasteiger partial charge on any atom is 0.136 e. The standard InChI is InChI=1S/C53H37NO/c1-53(2)46-19-9-7-16-44(46)51-47(33-39-14-5-6-15-43(39)52(51)53)54(40-28-24-35(25-29-40)38-23-22-34-12-3-4-13-37(34)32-38)41-30-26-36(27-31-41)42-18-11-21-49-50(42)45-17-8-10-20-48(45)55-49/h3-33H,1-2H3. The molecule has 0 N–H and O–H groups in total. The van der Waals surface area contributed by atoms with Crippen molar-refractivity contribution >= 4 is 60.5 Å². The van der Waals surface area contributed by atoms with Crippen LogP contribution in [0.2, 0.25) is 0 Å². The molecule has 0 atom stereocenters. The van der Waals surface area contributed by atoms with Crippen molar-refractivity contribution in [3.8, 4) is 33.4 Å². The molecule has 1 aliphatic carbocycles. The molecular weight excluding hydrogens is 667 g/mol. The van der Waals surface area contributed by atoms with Crippen molar-refractivity contribution in [1.82, 2.24) is 0 Å². The van der Waals surface area contributed by atoms with Crippen LogP contribution in [0.4, 0.5) is 17.1 Å². The van der Waals surface area contributed by atoms with E-state index in [1.54, 1.807) is 0 Å². The monoisotopic (exact) mass is 703 g/mol. The Morgan fingerprint density at radius 3 is 1.84 bits per heavy atom. The normalized spacial score (nSPS) is 13.1. The Balaban J connectivity index is 1.12. The summed E-state index contributed by atoms with van der Waals surface area (Å²) in [6, 6.07) is 68.4. The average Bonchev–Trinajstić information content (AvgIpc) is 3.74. The molecule has 0 spiro atoms. The zero-order chi connectivity index (χ0) is 36.7. The van der Waals surface area contributed by atoms with Crippen LogP contribution < -0.4 is 4.90 Å². The molecule has 1 aliphatic rings. The number of furan rings is 1. The molecule has 9 aromatic carbocycles. The molecule has 10 aromatic rings. The van der Waals surface area contributed by atoms with Gasteiger partial charge in [-0.1, -0.05) is 153 Å². The van der Waals surface area contributed by atoms with Crippen LogP contribution in [0.15, 0.2) is 192 Å². The number of para-hydroxylation sites is 1. The highest BCUT2D eigenvalue weighted by Gasteiger charge is 2.39. The summed E-state index contributed by atoms with van der Waals surface area (Å²) >= 11 is 0. The molecule has 0 aliphatic heterocycles. The topological polar surface area (TPSA) is 16.4 Å². The van der Waals surface area contributed by atoms with Gasteiger partial charge in [0.25, 0.3) is 0 Å². The Bertz CT molecular complexity index is 3110. The lowest BCUT2D eigenvalue weighted by atomic mass is 9.80. The van der Waals surface area contributed by atoms with E-state index in [1.807, 2.05) is 12.1 Å². The summed E-state index contributed by atoms with van der Waals surface area (Å²) in [6.45, 7) is 4.76. The Hall–Kier alpha value is -6.90. The van der Waals surface area contributed by atoms with E-state index in [2.05, 4.69) is 195 Å². The summed E-state index contributed by atoms with van der Waals surface area (Å²) in [5.74, 6) is 0. The van der Waals surface area contributed by atoms with E-state index in [4.69, 9.17) is 4.42 Å². The van der Waals surface area contributed by atoms with Gasteiger partial charge in [0.15, 0.2) is 0 Å². The fourth-order valence-corrected chi connectivity index (χ4v) is 9.22. The predicted molar refractivity (Wildman–Crippen MR) is 232 cm³/mol. The molecule has 1 heterocycles. The molecule has 55 heavy (non-hydrogen) atoms. The van der Waals surface area contributed by atoms with E-state index < -0.39 is 0 Å². The highest BCUT2D eigenvalue weighted by Crippen LogP contribution is 2.56. The second-order valence-electron chi connectivity index (χ2n) is 15.3. The third-order valence-corrected chi connectivity index (χ3v) is 11.8. The highest BCUT2D eigenvalue weighted by molar-refractivity contribution is 6.12. The van der Waals surface area contributed by atoms with Gasteiger partial charge in [-0.3, -0.25) is 0 Å². The molecular formula is C53H37NO. The Morgan fingerprint density at radius 1 is 0.436 bits per heavy atom. The van der Waals surface area contributed by atoms with Gasteiger partial charge in [0.1, 0.15) is 11.2 Å². The third kappa shape index (κ3) is 4.88. The van der Waals surface area contributed by atoms with Gasteiger partial charge >= 0.3 is 0 Å². The Morgan fingerprint density at radius 2 is 1.04 bits per heavy atom. The first-order chi connectivity index (χ1) is 27.0. The number of rotatable bonds is 5. The SMILES string of the molecule is CC1(C)c2ccccc2-c2c(N(c3ccc(-c4ccc5ccccc5c4)cc3)c3ccc(-c4cccc5oc6ccccc6c45)cc3)cc3ccccc3c21. The molecule has 2 heteroatoms. The maximum atomic E-state index is 6.27. The van der Waals surface area contributed by atoms with Crippen molar-refractivity contribution < 1.29 is 4.42 Å². The second-order valence-corrected chi connectivity index (χ2v) is 15.3. The molecule has 0 saturated heterocycles. The molecule has 0 amide bonds. The minimum Gasteiger partial charge on any atom is -0.456 e. The van der Waals surface area contributed by atoms with Crippen LogP contribution >= 0.6 is 0 Å². The van der Waals surface area contributed by atoms with Crippen molar-refractivity contribution in [3.63, 3.8) is 0 Å².